The second-order valence-electron chi connectivity index (χ2n) is 7.03. The number of hydrogen-bond donors (Lipinski definition) is 0. The molecular formula is C26H17N3O3. The zero-order chi connectivity index (χ0) is 21.9. The monoisotopic (exact) mass is 419 g/mol. The van der Waals surface area contributed by atoms with Gasteiger partial charge in [-0.1, -0.05) is 48.4 Å². The Bertz CT molecular complexity index is 1540. The van der Waals surface area contributed by atoms with Gasteiger partial charge in [-0.15, -0.1) is 6.42 Å². The first-order valence-electron chi connectivity index (χ1n) is 9.94. The lowest BCUT2D eigenvalue weighted by atomic mass is 10.2. The summed E-state index contributed by atoms with van der Waals surface area (Å²) in [6.07, 6.45) is 6.83. The van der Waals surface area contributed by atoms with E-state index >= 15 is 0 Å². The summed E-state index contributed by atoms with van der Waals surface area (Å²) in [4.78, 5) is 18.0. The standard InChI is InChI=1S/C26H17N3O3/c1-2-14-31-20-10-7-8-18(15-20)17-27-29-25(24-16-19-9-3-6-13-23(19)32-24)28-22-12-5-4-11-21(22)26(29)30/h1,3-13,15-17H,14H2. The van der Waals surface area contributed by atoms with Gasteiger partial charge in [-0.3, -0.25) is 4.79 Å². The van der Waals surface area contributed by atoms with Gasteiger partial charge in [-0.2, -0.15) is 9.78 Å². The van der Waals surface area contributed by atoms with Crippen LogP contribution in [0.4, 0.5) is 0 Å². The van der Waals surface area contributed by atoms with Gasteiger partial charge < -0.3 is 9.15 Å². The first-order valence-corrected chi connectivity index (χ1v) is 9.94. The van der Waals surface area contributed by atoms with E-state index in [0.29, 0.717) is 33.8 Å². The van der Waals surface area contributed by atoms with Crippen LogP contribution in [-0.2, 0) is 0 Å². The fourth-order valence-corrected chi connectivity index (χ4v) is 3.42. The van der Waals surface area contributed by atoms with Crippen molar-refractivity contribution >= 4 is 28.1 Å². The molecule has 3 aromatic carbocycles. The van der Waals surface area contributed by atoms with Gasteiger partial charge in [-0.25, -0.2) is 4.98 Å². The number of furan rings is 1. The minimum atomic E-state index is -0.290. The van der Waals surface area contributed by atoms with Crippen LogP contribution in [0.25, 0.3) is 33.5 Å². The van der Waals surface area contributed by atoms with Gasteiger partial charge in [0.15, 0.2) is 5.76 Å². The van der Waals surface area contributed by atoms with Crippen LogP contribution >= 0.6 is 0 Å². The van der Waals surface area contributed by atoms with Crippen LogP contribution in [0.3, 0.4) is 0 Å². The minimum Gasteiger partial charge on any atom is -0.481 e. The Morgan fingerprint density at radius 1 is 1.06 bits per heavy atom. The molecule has 0 bridgehead atoms. The summed E-state index contributed by atoms with van der Waals surface area (Å²) < 4.78 is 12.7. The highest BCUT2D eigenvalue weighted by Gasteiger charge is 2.16. The van der Waals surface area contributed by atoms with Crippen LogP contribution in [0.5, 0.6) is 5.75 Å². The topological polar surface area (TPSA) is 69.6 Å². The number of terminal acetylenes is 1. The quantitative estimate of drug-likeness (QED) is 0.306. The fourth-order valence-electron chi connectivity index (χ4n) is 3.42. The lowest BCUT2D eigenvalue weighted by Crippen LogP contribution is -2.20. The lowest BCUT2D eigenvalue weighted by Gasteiger charge is -2.07. The highest BCUT2D eigenvalue weighted by molar-refractivity contribution is 5.84. The van der Waals surface area contributed by atoms with Gasteiger partial charge in [0, 0.05) is 5.39 Å². The highest BCUT2D eigenvalue weighted by atomic mass is 16.5. The Labute approximate surface area is 183 Å². The van der Waals surface area contributed by atoms with Crippen LogP contribution < -0.4 is 10.3 Å². The van der Waals surface area contributed by atoms with Gasteiger partial charge in [0.1, 0.15) is 17.9 Å². The van der Waals surface area contributed by atoms with Crippen molar-refractivity contribution in [2.45, 2.75) is 0 Å². The normalized spacial score (nSPS) is 11.2. The molecule has 0 N–H and O–H groups in total. The number of para-hydroxylation sites is 2. The molecule has 2 heterocycles. The second kappa shape index (κ2) is 8.25. The highest BCUT2D eigenvalue weighted by Crippen LogP contribution is 2.27. The average molecular weight is 419 g/mol. The molecular weight excluding hydrogens is 402 g/mol. The van der Waals surface area contributed by atoms with E-state index in [-0.39, 0.29) is 12.2 Å². The number of fused-ring (bicyclic) bond motifs is 2. The predicted molar refractivity (Wildman–Crippen MR) is 125 cm³/mol. The summed E-state index contributed by atoms with van der Waals surface area (Å²) in [7, 11) is 0. The van der Waals surface area contributed by atoms with E-state index in [9.17, 15) is 4.79 Å². The van der Waals surface area contributed by atoms with Crippen LogP contribution in [0.2, 0.25) is 0 Å². The van der Waals surface area contributed by atoms with Crippen molar-refractivity contribution in [2.24, 2.45) is 5.10 Å². The van der Waals surface area contributed by atoms with Gasteiger partial charge in [0.2, 0.25) is 5.82 Å². The predicted octanol–water partition coefficient (Wildman–Crippen LogP) is 4.70. The summed E-state index contributed by atoms with van der Waals surface area (Å²) in [6, 6.07) is 23.9. The van der Waals surface area contributed by atoms with Crippen LogP contribution in [0.15, 0.2) is 93.2 Å². The molecule has 0 saturated heterocycles. The van der Waals surface area contributed by atoms with Gasteiger partial charge in [0.25, 0.3) is 5.56 Å². The SMILES string of the molecule is C#CCOc1cccc(C=Nn2c(-c3cc4ccccc4o3)nc3ccccc3c2=O)c1. The maximum absolute atomic E-state index is 13.3. The first kappa shape index (κ1) is 19.3. The molecule has 0 atom stereocenters. The molecule has 154 valence electrons. The van der Waals surface area contributed by atoms with E-state index in [1.807, 2.05) is 48.5 Å². The Hall–Kier alpha value is -4.63. The van der Waals surface area contributed by atoms with Crippen molar-refractivity contribution in [3.05, 3.63) is 94.8 Å². The molecule has 0 amide bonds. The average Bonchev–Trinajstić information content (AvgIpc) is 3.26. The second-order valence-corrected chi connectivity index (χ2v) is 7.03. The number of ether oxygens (including phenoxy) is 1. The molecule has 0 radical (unpaired) electrons. The molecule has 6 nitrogen and oxygen atoms in total. The summed E-state index contributed by atoms with van der Waals surface area (Å²) in [6.45, 7) is 0.171. The lowest BCUT2D eigenvalue weighted by molar-refractivity contribution is 0.370. The molecule has 5 rings (SSSR count). The van der Waals surface area contributed by atoms with Crippen molar-refractivity contribution < 1.29 is 9.15 Å². The van der Waals surface area contributed by atoms with E-state index in [1.54, 1.807) is 36.5 Å². The van der Waals surface area contributed by atoms with Crippen LogP contribution in [0, 0.1) is 12.3 Å². The van der Waals surface area contributed by atoms with Crippen molar-refractivity contribution in [2.75, 3.05) is 6.61 Å². The number of rotatable bonds is 5. The molecule has 6 heteroatoms. The molecule has 0 saturated carbocycles. The molecule has 2 aromatic heterocycles. The van der Waals surface area contributed by atoms with Gasteiger partial charge in [0.05, 0.1) is 17.1 Å². The fraction of sp³-hybridized carbons (Fsp3) is 0.0385. The number of hydrogen-bond acceptors (Lipinski definition) is 5. The molecule has 0 aliphatic carbocycles. The van der Waals surface area contributed by atoms with E-state index in [2.05, 4.69) is 16.0 Å². The van der Waals surface area contributed by atoms with Crippen molar-refractivity contribution in [3.63, 3.8) is 0 Å². The Morgan fingerprint density at radius 3 is 2.78 bits per heavy atom. The van der Waals surface area contributed by atoms with Gasteiger partial charge in [-0.05, 0) is 42.0 Å². The molecule has 0 unspecified atom stereocenters. The zero-order valence-corrected chi connectivity index (χ0v) is 16.9. The zero-order valence-electron chi connectivity index (χ0n) is 16.9. The molecule has 0 aliphatic heterocycles. The van der Waals surface area contributed by atoms with Crippen molar-refractivity contribution in [3.8, 4) is 29.7 Å². The number of benzene rings is 3. The van der Waals surface area contributed by atoms with Crippen LogP contribution in [0.1, 0.15) is 5.56 Å². The molecule has 0 aliphatic rings. The number of nitrogens with zero attached hydrogens (tertiary/aromatic N) is 3. The van der Waals surface area contributed by atoms with Crippen molar-refractivity contribution in [1.29, 1.82) is 0 Å². The third-order valence-corrected chi connectivity index (χ3v) is 4.90. The molecule has 0 spiro atoms. The smallest absolute Gasteiger partial charge is 0.282 e. The largest absolute Gasteiger partial charge is 0.481 e. The summed E-state index contributed by atoms with van der Waals surface area (Å²) in [5.74, 6) is 3.83. The van der Waals surface area contributed by atoms with Gasteiger partial charge >= 0.3 is 0 Å². The first-order chi connectivity index (χ1) is 15.7. The minimum absolute atomic E-state index is 0.171. The van der Waals surface area contributed by atoms with E-state index in [4.69, 9.17) is 15.6 Å². The molecule has 5 aromatic rings. The Morgan fingerprint density at radius 2 is 1.91 bits per heavy atom. The maximum Gasteiger partial charge on any atom is 0.282 e. The summed E-state index contributed by atoms with van der Waals surface area (Å²) in [5.41, 5.74) is 1.74. The third-order valence-electron chi connectivity index (χ3n) is 4.90. The summed E-state index contributed by atoms with van der Waals surface area (Å²) >= 11 is 0. The summed E-state index contributed by atoms with van der Waals surface area (Å²) in [5, 5.41) is 5.84. The van der Waals surface area contributed by atoms with E-state index < -0.39 is 0 Å². The van der Waals surface area contributed by atoms with Crippen molar-refractivity contribution in [1.82, 2.24) is 9.66 Å². The molecule has 32 heavy (non-hydrogen) atoms. The number of aromatic nitrogens is 2. The third kappa shape index (κ3) is 3.64. The molecule has 0 fully saturated rings. The van der Waals surface area contributed by atoms with E-state index in [0.717, 1.165) is 10.9 Å². The maximum atomic E-state index is 13.3. The Kier molecular flexibility index (Phi) is 4.98. The van der Waals surface area contributed by atoms with E-state index in [1.165, 1.54) is 4.68 Å². The van der Waals surface area contributed by atoms with Crippen LogP contribution in [-0.4, -0.2) is 22.5 Å². The Balaban J connectivity index is 1.65.